The molecule has 2 rings (SSSR count). The van der Waals surface area contributed by atoms with Gasteiger partial charge in [0.25, 0.3) is 7.28 Å². The second-order valence-electron chi connectivity index (χ2n) is 7.61. The van der Waals surface area contributed by atoms with Crippen molar-refractivity contribution in [2.24, 2.45) is 0 Å². The molecule has 2 fully saturated rings. The second kappa shape index (κ2) is 4.20. The summed E-state index contributed by atoms with van der Waals surface area (Å²) in [4.78, 5) is 0. The van der Waals surface area contributed by atoms with Crippen molar-refractivity contribution < 1.29 is 18.9 Å². The Morgan fingerprint density at radius 3 is 0.947 bits per heavy atom. The highest BCUT2D eigenvalue weighted by atomic mass is 16.8. The van der Waals surface area contributed by atoms with E-state index < -0.39 is 0 Å². The van der Waals surface area contributed by atoms with Gasteiger partial charge in [-0.05, 0) is 55.4 Å². The van der Waals surface area contributed by atoms with Crippen LogP contribution in [0.2, 0.25) is 0 Å². The van der Waals surface area contributed by atoms with E-state index in [0.717, 1.165) is 0 Å². The maximum Gasteiger partial charge on any atom is 0.261 e. The quantitative estimate of drug-likeness (QED) is 0.721. The fourth-order valence-corrected chi connectivity index (χ4v) is 2.28. The van der Waals surface area contributed by atoms with Gasteiger partial charge in [-0.1, -0.05) is 0 Å². The van der Waals surface area contributed by atoms with Crippen molar-refractivity contribution in [1.29, 1.82) is 0 Å². The Hall–Kier alpha value is -0.0951. The summed E-state index contributed by atoms with van der Waals surface area (Å²) in [6.07, 6.45) is -0.556. The van der Waals surface area contributed by atoms with Crippen molar-refractivity contribution in [3.63, 3.8) is 0 Å². The molecule has 0 aliphatic carbocycles. The SMILES string of the molecule is CC1(C)OC(BC2OC(C)(C)C(C)(C)O2)OC1(C)C. The summed E-state index contributed by atoms with van der Waals surface area (Å²) >= 11 is 0. The normalized spacial score (nSPS) is 32.6. The fourth-order valence-electron chi connectivity index (χ4n) is 2.28. The lowest BCUT2D eigenvalue weighted by atomic mass is 9.76. The Balaban J connectivity index is 1.99. The average molecular weight is 270 g/mol. The van der Waals surface area contributed by atoms with Gasteiger partial charge < -0.3 is 18.9 Å². The van der Waals surface area contributed by atoms with Gasteiger partial charge in [-0.2, -0.15) is 0 Å². The molecule has 2 saturated heterocycles. The van der Waals surface area contributed by atoms with Gasteiger partial charge in [0, 0.05) is 0 Å². The Labute approximate surface area is 117 Å². The lowest BCUT2D eigenvalue weighted by Crippen LogP contribution is -2.41. The highest BCUT2D eigenvalue weighted by Crippen LogP contribution is 2.41. The molecular weight excluding hydrogens is 243 g/mol. The molecule has 0 bridgehead atoms. The lowest BCUT2D eigenvalue weighted by molar-refractivity contribution is -0.0613. The van der Waals surface area contributed by atoms with Gasteiger partial charge in [-0.3, -0.25) is 0 Å². The van der Waals surface area contributed by atoms with Crippen molar-refractivity contribution in [2.75, 3.05) is 0 Å². The maximum atomic E-state index is 5.98. The van der Waals surface area contributed by atoms with Crippen LogP contribution in [-0.2, 0) is 18.9 Å². The van der Waals surface area contributed by atoms with Crippen molar-refractivity contribution in [1.82, 2.24) is 0 Å². The smallest absolute Gasteiger partial charge is 0.261 e. The first-order chi connectivity index (χ1) is 8.36. The van der Waals surface area contributed by atoms with Crippen LogP contribution in [0, 0.1) is 0 Å². The fraction of sp³-hybridized carbons (Fsp3) is 1.00. The molecule has 2 aliphatic rings. The Kier molecular flexibility index (Phi) is 3.38. The summed E-state index contributed by atoms with van der Waals surface area (Å²) in [5.74, 6) is 0. The molecule has 0 atom stereocenters. The maximum absolute atomic E-state index is 5.98. The number of ether oxygens (including phenoxy) is 4. The van der Waals surface area contributed by atoms with Gasteiger partial charge in [-0.25, -0.2) is 0 Å². The van der Waals surface area contributed by atoms with Crippen molar-refractivity contribution in [2.45, 2.75) is 90.2 Å². The molecule has 0 amide bonds. The van der Waals surface area contributed by atoms with Gasteiger partial charge in [-0.15, -0.1) is 0 Å². The molecule has 2 aliphatic heterocycles. The summed E-state index contributed by atoms with van der Waals surface area (Å²) in [5, 5.41) is 0. The van der Waals surface area contributed by atoms with E-state index in [9.17, 15) is 0 Å². The monoisotopic (exact) mass is 270 g/mol. The molecule has 0 aromatic carbocycles. The molecule has 0 spiro atoms. The molecule has 0 saturated carbocycles. The molecule has 19 heavy (non-hydrogen) atoms. The van der Waals surface area contributed by atoms with E-state index in [1.54, 1.807) is 0 Å². The van der Waals surface area contributed by atoms with Gasteiger partial charge >= 0.3 is 0 Å². The molecule has 0 unspecified atom stereocenters. The van der Waals surface area contributed by atoms with Gasteiger partial charge in [0.2, 0.25) is 0 Å². The molecule has 0 N–H and O–H groups in total. The van der Waals surface area contributed by atoms with E-state index in [4.69, 9.17) is 18.9 Å². The summed E-state index contributed by atoms with van der Waals surface area (Å²) < 4.78 is 23.9. The zero-order chi connectivity index (χ0) is 14.7. The Bertz CT molecular complexity index is 296. The summed E-state index contributed by atoms with van der Waals surface area (Å²) in [6, 6.07) is 0. The predicted molar refractivity (Wildman–Crippen MR) is 75.4 cm³/mol. The zero-order valence-corrected chi connectivity index (χ0v) is 13.5. The van der Waals surface area contributed by atoms with Gasteiger partial charge in [0.05, 0.1) is 22.4 Å². The standard InChI is InChI=1S/C14H27BO4/c1-11(2)12(3,4)17-9(16-11)15-10-18-13(5,6)14(7,8)19-10/h9-10,15H,1-8H3. The lowest BCUT2D eigenvalue weighted by Gasteiger charge is -2.30. The van der Waals surface area contributed by atoms with Gasteiger partial charge in [0.1, 0.15) is 12.4 Å². The molecule has 110 valence electrons. The average Bonchev–Trinajstić information content (AvgIpc) is 2.42. The van der Waals surface area contributed by atoms with Gasteiger partial charge in [0.15, 0.2) is 0 Å². The third kappa shape index (κ3) is 2.58. The Morgan fingerprint density at radius 1 is 0.526 bits per heavy atom. The third-order valence-corrected chi connectivity index (χ3v) is 4.99. The first-order valence-electron chi connectivity index (χ1n) is 7.08. The minimum Gasteiger partial charge on any atom is -0.352 e. The largest absolute Gasteiger partial charge is 0.352 e. The van der Waals surface area contributed by atoms with Crippen LogP contribution in [0.3, 0.4) is 0 Å². The van der Waals surface area contributed by atoms with E-state index in [1.165, 1.54) is 0 Å². The van der Waals surface area contributed by atoms with Crippen LogP contribution in [0.5, 0.6) is 0 Å². The first-order valence-corrected chi connectivity index (χ1v) is 7.08. The summed E-state index contributed by atoms with van der Waals surface area (Å²) in [5.41, 5.74) is -1.22. The topological polar surface area (TPSA) is 36.9 Å². The molecule has 0 aromatic heterocycles. The van der Waals surface area contributed by atoms with Crippen molar-refractivity contribution in [3.05, 3.63) is 0 Å². The molecule has 0 aromatic rings. The van der Waals surface area contributed by atoms with Crippen molar-refractivity contribution in [3.8, 4) is 0 Å². The van der Waals surface area contributed by atoms with Crippen LogP contribution in [-0.4, -0.2) is 42.1 Å². The number of hydrogen-bond acceptors (Lipinski definition) is 4. The van der Waals surface area contributed by atoms with E-state index in [2.05, 4.69) is 55.4 Å². The predicted octanol–water partition coefficient (Wildman–Crippen LogP) is 2.20. The van der Waals surface area contributed by atoms with Crippen LogP contribution >= 0.6 is 0 Å². The molecular formula is C14H27BO4. The second-order valence-corrected chi connectivity index (χ2v) is 7.61. The van der Waals surface area contributed by atoms with Crippen LogP contribution < -0.4 is 0 Å². The van der Waals surface area contributed by atoms with E-state index >= 15 is 0 Å². The van der Waals surface area contributed by atoms with E-state index in [1.807, 2.05) is 0 Å². The molecule has 2 heterocycles. The summed E-state index contributed by atoms with van der Waals surface area (Å²) in [7, 11) is 0.597. The highest BCUT2D eigenvalue weighted by molar-refractivity contribution is 6.38. The molecule has 4 nitrogen and oxygen atoms in total. The van der Waals surface area contributed by atoms with Crippen LogP contribution in [0.1, 0.15) is 55.4 Å². The minimum atomic E-state index is -0.304. The molecule has 5 heteroatoms. The molecule has 0 radical (unpaired) electrons. The highest BCUT2D eigenvalue weighted by Gasteiger charge is 2.54. The van der Waals surface area contributed by atoms with E-state index in [0.29, 0.717) is 7.28 Å². The Morgan fingerprint density at radius 2 is 0.737 bits per heavy atom. The first kappa shape index (κ1) is 15.3. The number of rotatable bonds is 2. The van der Waals surface area contributed by atoms with Crippen LogP contribution in [0.25, 0.3) is 0 Å². The summed E-state index contributed by atoms with van der Waals surface area (Å²) in [6.45, 7) is 16.4. The zero-order valence-electron chi connectivity index (χ0n) is 13.5. The van der Waals surface area contributed by atoms with Crippen LogP contribution in [0.4, 0.5) is 0 Å². The van der Waals surface area contributed by atoms with E-state index in [-0.39, 0.29) is 34.8 Å². The van der Waals surface area contributed by atoms with Crippen LogP contribution in [0.15, 0.2) is 0 Å². The van der Waals surface area contributed by atoms with Crippen molar-refractivity contribution >= 4 is 7.28 Å². The third-order valence-electron chi connectivity index (χ3n) is 4.99. The minimum absolute atomic E-state index is 0.278. The number of hydrogen-bond donors (Lipinski definition) is 0.